The summed E-state index contributed by atoms with van der Waals surface area (Å²) in [5.74, 6) is -0.269. The van der Waals surface area contributed by atoms with Crippen LogP contribution in [0.3, 0.4) is 0 Å². The standard InChI is InChI=1S/C25H39N3O8/c1-25(2)35-18-22(36-25)17-34-23(30)8-5-19-3-6-21(7-4-19)33-16-20(29)15-26-9-10-27-24(31)28-11-13-32-14-12-28/h3-4,6-7,20,22,26,29H,5,8-18H2,1-2H3,(H,27,31)/t20-,22-/m0/s1. The minimum absolute atomic E-state index is 0.0952. The van der Waals surface area contributed by atoms with Gasteiger partial charge in [0.2, 0.25) is 0 Å². The molecule has 0 radical (unpaired) electrons. The fraction of sp³-hybridized carbons (Fsp3) is 0.680. The van der Waals surface area contributed by atoms with Gasteiger partial charge in [0.15, 0.2) is 5.79 Å². The minimum Gasteiger partial charge on any atom is -0.491 e. The number of carbonyl (C=O) groups excluding carboxylic acids is 2. The SMILES string of the molecule is CC1(C)OC[C@H](COC(=O)CCc2ccc(OC[C@@H](O)CNCCNC(=O)N3CCOCC3)cc2)O1. The zero-order chi connectivity index (χ0) is 25.8. The summed E-state index contributed by atoms with van der Waals surface area (Å²) in [7, 11) is 0. The number of ether oxygens (including phenoxy) is 5. The largest absolute Gasteiger partial charge is 0.491 e. The second-order valence-corrected chi connectivity index (χ2v) is 9.28. The number of amides is 2. The molecule has 2 saturated heterocycles. The van der Waals surface area contributed by atoms with Crippen LogP contribution in [0.1, 0.15) is 25.8 Å². The first-order valence-corrected chi connectivity index (χ1v) is 12.5. The normalized spacial score (nSPS) is 20.1. The molecule has 11 nitrogen and oxygen atoms in total. The van der Waals surface area contributed by atoms with Crippen molar-refractivity contribution in [1.29, 1.82) is 0 Å². The third kappa shape index (κ3) is 10.3. The summed E-state index contributed by atoms with van der Waals surface area (Å²) < 4.78 is 27.2. The molecule has 2 aliphatic heterocycles. The quantitative estimate of drug-likeness (QED) is 0.260. The summed E-state index contributed by atoms with van der Waals surface area (Å²) in [5.41, 5.74) is 0.988. The van der Waals surface area contributed by atoms with Crippen LogP contribution in [0.25, 0.3) is 0 Å². The Balaban J connectivity index is 1.21. The van der Waals surface area contributed by atoms with Crippen LogP contribution in [-0.2, 0) is 30.2 Å². The Morgan fingerprint density at radius 1 is 1.19 bits per heavy atom. The van der Waals surface area contributed by atoms with E-state index in [1.165, 1.54) is 0 Å². The number of carbonyl (C=O) groups is 2. The van der Waals surface area contributed by atoms with Gasteiger partial charge in [-0.1, -0.05) is 12.1 Å². The maximum atomic E-state index is 12.0. The maximum Gasteiger partial charge on any atom is 0.317 e. The Morgan fingerprint density at radius 3 is 2.64 bits per heavy atom. The van der Waals surface area contributed by atoms with Gasteiger partial charge < -0.3 is 44.3 Å². The van der Waals surface area contributed by atoms with Crippen LogP contribution in [0.2, 0.25) is 0 Å². The summed E-state index contributed by atoms with van der Waals surface area (Å²) in [5, 5.41) is 16.1. The Hall–Kier alpha value is -2.44. The number of hydrogen-bond acceptors (Lipinski definition) is 9. The Labute approximate surface area is 212 Å². The Morgan fingerprint density at radius 2 is 1.94 bits per heavy atom. The maximum absolute atomic E-state index is 12.0. The lowest BCUT2D eigenvalue weighted by Gasteiger charge is -2.27. The number of morpholine rings is 1. The van der Waals surface area contributed by atoms with Crippen molar-refractivity contribution in [2.45, 2.75) is 44.7 Å². The highest BCUT2D eigenvalue weighted by Gasteiger charge is 2.33. The Kier molecular flexibility index (Phi) is 11.2. The molecule has 36 heavy (non-hydrogen) atoms. The first kappa shape index (κ1) is 28.1. The molecule has 2 fully saturated rings. The molecule has 202 valence electrons. The van der Waals surface area contributed by atoms with Gasteiger partial charge in [0, 0.05) is 39.1 Å². The van der Waals surface area contributed by atoms with Gasteiger partial charge in [0.05, 0.1) is 19.8 Å². The van der Waals surface area contributed by atoms with Crippen molar-refractivity contribution >= 4 is 12.0 Å². The molecule has 0 aromatic heterocycles. The van der Waals surface area contributed by atoms with Crippen molar-refractivity contribution < 1.29 is 38.4 Å². The van der Waals surface area contributed by atoms with Gasteiger partial charge in [-0.3, -0.25) is 4.79 Å². The Bertz CT molecular complexity index is 814. The molecule has 11 heteroatoms. The molecule has 1 aromatic carbocycles. The van der Waals surface area contributed by atoms with E-state index >= 15 is 0 Å². The van der Waals surface area contributed by atoms with Crippen molar-refractivity contribution in [2.24, 2.45) is 0 Å². The van der Waals surface area contributed by atoms with E-state index in [0.29, 0.717) is 64.7 Å². The lowest BCUT2D eigenvalue weighted by atomic mass is 10.1. The number of aliphatic hydroxyl groups excluding tert-OH is 1. The van der Waals surface area contributed by atoms with Crippen LogP contribution in [0.15, 0.2) is 24.3 Å². The van der Waals surface area contributed by atoms with Gasteiger partial charge in [0.1, 0.15) is 31.2 Å². The molecule has 0 spiro atoms. The van der Waals surface area contributed by atoms with E-state index in [4.69, 9.17) is 23.7 Å². The molecule has 2 amide bonds. The molecular weight excluding hydrogens is 470 g/mol. The van der Waals surface area contributed by atoms with Crippen molar-refractivity contribution in [3.8, 4) is 5.75 Å². The van der Waals surface area contributed by atoms with Crippen molar-refractivity contribution in [3.63, 3.8) is 0 Å². The van der Waals surface area contributed by atoms with Crippen molar-refractivity contribution in [2.75, 3.05) is 65.8 Å². The summed E-state index contributed by atoms with van der Waals surface area (Å²) >= 11 is 0. The summed E-state index contributed by atoms with van der Waals surface area (Å²) in [6.45, 7) is 8.13. The van der Waals surface area contributed by atoms with Crippen LogP contribution < -0.4 is 15.4 Å². The van der Waals surface area contributed by atoms with E-state index in [9.17, 15) is 14.7 Å². The van der Waals surface area contributed by atoms with E-state index in [2.05, 4.69) is 10.6 Å². The molecule has 3 rings (SSSR count). The molecule has 1 aromatic rings. The molecule has 2 heterocycles. The number of esters is 1. The molecule has 3 N–H and O–H groups in total. The fourth-order valence-corrected chi connectivity index (χ4v) is 3.76. The zero-order valence-electron chi connectivity index (χ0n) is 21.2. The van der Waals surface area contributed by atoms with Crippen LogP contribution in [-0.4, -0.2) is 106 Å². The smallest absolute Gasteiger partial charge is 0.317 e. The van der Waals surface area contributed by atoms with Crippen molar-refractivity contribution in [1.82, 2.24) is 15.5 Å². The van der Waals surface area contributed by atoms with Gasteiger partial charge in [0.25, 0.3) is 0 Å². The minimum atomic E-state index is -0.686. The van der Waals surface area contributed by atoms with E-state index in [-0.39, 0.29) is 37.7 Å². The second kappa shape index (κ2) is 14.3. The molecule has 2 aliphatic rings. The highest BCUT2D eigenvalue weighted by molar-refractivity contribution is 5.74. The number of aryl methyl sites for hydroxylation is 1. The van der Waals surface area contributed by atoms with Crippen LogP contribution in [0, 0.1) is 0 Å². The molecule has 0 bridgehead atoms. The molecule has 0 aliphatic carbocycles. The second-order valence-electron chi connectivity index (χ2n) is 9.28. The van der Waals surface area contributed by atoms with Gasteiger partial charge in [-0.05, 0) is 38.0 Å². The summed E-state index contributed by atoms with van der Waals surface area (Å²) in [6, 6.07) is 7.31. The van der Waals surface area contributed by atoms with Gasteiger partial charge in [-0.15, -0.1) is 0 Å². The van der Waals surface area contributed by atoms with E-state index in [0.717, 1.165) is 5.56 Å². The number of hydrogen-bond donors (Lipinski definition) is 3. The predicted octanol–water partition coefficient (Wildman–Crippen LogP) is 0.685. The van der Waals surface area contributed by atoms with Crippen molar-refractivity contribution in [3.05, 3.63) is 29.8 Å². The number of rotatable bonds is 13. The predicted molar refractivity (Wildman–Crippen MR) is 131 cm³/mol. The topological polar surface area (TPSA) is 128 Å². The van der Waals surface area contributed by atoms with Crippen LogP contribution in [0.4, 0.5) is 4.79 Å². The number of benzene rings is 1. The first-order chi connectivity index (χ1) is 17.3. The average Bonchev–Trinajstić information content (AvgIpc) is 3.24. The monoisotopic (exact) mass is 509 g/mol. The summed E-state index contributed by atoms with van der Waals surface area (Å²) in [6.07, 6.45) is -0.0863. The fourth-order valence-electron chi connectivity index (χ4n) is 3.76. The number of nitrogens with zero attached hydrogens (tertiary/aromatic N) is 1. The highest BCUT2D eigenvalue weighted by Crippen LogP contribution is 2.22. The zero-order valence-corrected chi connectivity index (χ0v) is 21.2. The van der Waals surface area contributed by atoms with Gasteiger partial charge in [-0.2, -0.15) is 0 Å². The van der Waals surface area contributed by atoms with E-state index in [1.54, 1.807) is 4.90 Å². The third-order valence-corrected chi connectivity index (χ3v) is 5.74. The third-order valence-electron chi connectivity index (χ3n) is 5.74. The van der Waals surface area contributed by atoms with Gasteiger partial charge in [-0.25, -0.2) is 4.79 Å². The van der Waals surface area contributed by atoms with E-state index < -0.39 is 11.9 Å². The molecular formula is C25H39N3O8. The van der Waals surface area contributed by atoms with Crippen LogP contribution in [0.5, 0.6) is 5.75 Å². The molecule has 0 saturated carbocycles. The average molecular weight is 510 g/mol. The summed E-state index contributed by atoms with van der Waals surface area (Å²) in [4.78, 5) is 25.7. The lowest BCUT2D eigenvalue weighted by Crippen LogP contribution is -2.47. The molecule has 0 unspecified atom stereocenters. The number of nitrogens with one attached hydrogen (secondary N) is 2. The van der Waals surface area contributed by atoms with Gasteiger partial charge >= 0.3 is 12.0 Å². The number of aliphatic hydroxyl groups is 1. The highest BCUT2D eigenvalue weighted by atomic mass is 16.7. The molecule has 2 atom stereocenters. The number of urea groups is 1. The van der Waals surface area contributed by atoms with E-state index in [1.807, 2.05) is 38.1 Å². The van der Waals surface area contributed by atoms with Crippen LogP contribution >= 0.6 is 0 Å². The lowest BCUT2D eigenvalue weighted by molar-refractivity contribution is -0.158. The first-order valence-electron chi connectivity index (χ1n) is 12.5.